The molecule has 48 heteroatoms. The first-order valence-electron chi connectivity index (χ1n) is 37.3. The SMILES string of the molecule is CC(Cc1ccc(C(=O)Oc2ccc(C(=N)N)c(F)c2)s1)C(=O)N[C@@H](CC(=O)O)C(=O)O.CC(Cc1ccc(C(=O)Oc2ccc(C(=N)N)cc2Cl)s1)C(=O)N[C@@H](CC(=O)O)C(=O)O.CCC[C@@H](Cc1ccc(C(=O)Oc2ccc(C(=N)N)cc2F)s1)C(=O)N[C@@H](CC(=O)O)C(=O)O.N=C(N)c1ccc(OC(=O)c2ccc(CCC(=O)N[C@@H](CC(=O)O)C(=O)O)s2)c(F)c1. The summed E-state index contributed by atoms with van der Waals surface area (Å²) < 4.78 is 62.5. The van der Waals surface area contributed by atoms with Crippen LogP contribution in [0.1, 0.15) is 146 Å². The number of amidine groups is 4. The number of benzene rings is 4. The van der Waals surface area contributed by atoms with E-state index >= 15 is 0 Å². The smallest absolute Gasteiger partial charge is 0.353 e. The molecule has 40 nitrogen and oxygen atoms in total. The zero-order valence-corrected chi connectivity index (χ0v) is 71.6. The van der Waals surface area contributed by atoms with E-state index in [2.05, 4.69) is 21.3 Å². The van der Waals surface area contributed by atoms with Crippen LogP contribution < -0.4 is 63.1 Å². The van der Waals surface area contributed by atoms with Crippen LogP contribution in [0.4, 0.5) is 13.2 Å². The number of nitrogen functional groups attached to an aromatic ring is 4. The minimum Gasteiger partial charge on any atom is -0.481 e. The lowest BCUT2D eigenvalue weighted by molar-refractivity contribution is -0.147. The Balaban J connectivity index is 0.000000305. The molecule has 8 aromatic rings. The van der Waals surface area contributed by atoms with E-state index in [1.165, 1.54) is 85.8 Å². The summed E-state index contributed by atoms with van der Waals surface area (Å²) in [6.07, 6.45) is -1.35. The maximum Gasteiger partial charge on any atom is 0.353 e. The Morgan fingerprint density at radius 2 is 0.729 bits per heavy atom. The van der Waals surface area contributed by atoms with E-state index in [1.807, 2.05) is 6.92 Å². The third-order valence-corrected chi connectivity index (χ3v) is 21.9. The third kappa shape index (κ3) is 34.6. The molecule has 0 fully saturated rings. The van der Waals surface area contributed by atoms with Crippen molar-refractivity contribution in [1.82, 2.24) is 21.3 Å². The molecular formula is C81H82ClF3N12O28S4. The van der Waals surface area contributed by atoms with Crippen molar-refractivity contribution >= 4 is 176 Å². The number of nitrogens with two attached hydrogens (primary N) is 4. The number of hydrogen-bond acceptors (Lipinski definition) is 28. The van der Waals surface area contributed by atoms with Gasteiger partial charge in [-0.15, -0.1) is 45.3 Å². The highest BCUT2D eigenvalue weighted by Gasteiger charge is 2.32. The van der Waals surface area contributed by atoms with Crippen LogP contribution in [0.3, 0.4) is 0 Å². The van der Waals surface area contributed by atoms with Gasteiger partial charge in [0.25, 0.3) is 0 Å². The number of rotatable bonds is 42. The molecule has 4 amide bonds. The van der Waals surface area contributed by atoms with Crippen LogP contribution >= 0.6 is 56.9 Å². The fourth-order valence-corrected chi connectivity index (χ4v) is 14.8. The molecule has 0 saturated heterocycles. The Labute approximate surface area is 748 Å². The normalized spacial score (nSPS) is 12.2. The van der Waals surface area contributed by atoms with Gasteiger partial charge in [-0.05, 0) is 147 Å². The van der Waals surface area contributed by atoms with Crippen molar-refractivity contribution in [3.8, 4) is 23.0 Å². The summed E-state index contributed by atoms with van der Waals surface area (Å²) in [5.41, 5.74) is 21.7. The average Bonchev–Trinajstić information content (AvgIpc) is 1.84. The number of carboxylic acid groups (broad SMARTS) is 8. The molecule has 0 aliphatic heterocycles. The highest BCUT2D eigenvalue weighted by molar-refractivity contribution is 7.15. The van der Waals surface area contributed by atoms with E-state index in [4.69, 9.17) is 116 Å². The quantitative estimate of drug-likeness (QED) is 0.00761. The fraction of sp³-hybridized carbons (Fsp3) is 0.259. The lowest BCUT2D eigenvalue weighted by atomic mass is 9.97. The number of carbonyl (C=O) groups excluding carboxylic acids is 8. The van der Waals surface area contributed by atoms with Crippen molar-refractivity contribution in [3.63, 3.8) is 0 Å². The number of halogens is 4. The number of nitrogens with one attached hydrogen (secondary N) is 8. The summed E-state index contributed by atoms with van der Waals surface area (Å²) in [5, 5.41) is 109. The number of ether oxygens (including phenoxy) is 4. The van der Waals surface area contributed by atoms with Gasteiger partial charge in [-0.3, -0.25) is 60.0 Å². The Hall–Kier alpha value is -14.8. The van der Waals surface area contributed by atoms with Gasteiger partial charge in [0.2, 0.25) is 23.6 Å². The lowest BCUT2D eigenvalue weighted by Crippen LogP contribution is -2.45. The van der Waals surface area contributed by atoms with Crippen LogP contribution in [0.2, 0.25) is 5.02 Å². The molecule has 4 heterocycles. The summed E-state index contributed by atoms with van der Waals surface area (Å²) in [6, 6.07) is 20.9. The maximum absolute atomic E-state index is 14.1. The summed E-state index contributed by atoms with van der Waals surface area (Å²) in [7, 11) is 0. The molecule has 8 rings (SSSR count). The second-order valence-corrected chi connectivity index (χ2v) is 32.4. The third-order valence-electron chi connectivity index (χ3n) is 17.2. The zero-order chi connectivity index (χ0) is 96.5. The van der Waals surface area contributed by atoms with Crippen molar-refractivity contribution in [2.45, 2.75) is 116 Å². The van der Waals surface area contributed by atoms with Crippen LogP contribution in [0, 0.1) is 56.8 Å². The summed E-state index contributed by atoms with van der Waals surface area (Å²) >= 11 is 10.2. The molecule has 0 bridgehead atoms. The predicted molar refractivity (Wildman–Crippen MR) is 455 cm³/mol. The second-order valence-electron chi connectivity index (χ2n) is 27.3. The van der Waals surface area contributed by atoms with Gasteiger partial charge in [0.05, 0.1) is 36.3 Å². The highest BCUT2D eigenvalue weighted by Crippen LogP contribution is 2.31. The van der Waals surface area contributed by atoms with Gasteiger partial charge in [0, 0.05) is 66.4 Å². The predicted octanol–water partition coefficient (Wildman–Crippen LogP) is 7.50. The second kappa shape index (κ2) is 49.7. The van der Waals surface area contributed by atoms with Gasteiger partial charge in [-0.25, -0.2) is 51.5 Å². The number of esters is 4. The lowest BCUT2D eigenvalue weighted by Gasteiger charge is -2.18. The maximum atomic E-state index is 14.1. The van der Waals surface area contributed by atoms with Crippen molar-refractivity contribution in [1.29, 1.82) is 21.6 Å². The summed E-state index contributed by atoms with van der Waals surface area (Å²) in [5.74, 6) is -23.2. The Morgan fingerprint density at radius 3 is 1.07 bits per heavy atom. The van der Waals surface area contributed by atoms with Gasteiger partial charge >= 0.3 is 71.6 Å². The molecule has 0 spiro atoms. The largest absolute Gasteiger partial charge is 0.481 e. The van der Waals surface area contributed by atoms with Gasteiger partial charge in [0.15, 0.2) is 23.1 Å². The molecule has 7 atom stereocenters. The molecule has 24 N–H and O–H groups in total. The van der Waals surface area contributed by atoms with Crippen LogP contribution in [0.25, 0.3) is 0 Å². The number of carbonyl (C=O) groups is 16. The van der Waals surface area contributed by atoms with Gasteiger partial charge < -0.3 is 104 Å². The topological polar surface area (TPSA) is 719 Å². The molecule has 0 radical (unpaired) electrons. The number of carboxylic acids is 8. The zero-order valence-electron chi connectivity index (χ0n) is 67.6. The first-order chi connectivity index (χ1) is 60.5. The molecule has 686 valence electrons. The van der Waals surface area contributed by atoms with E-state index in [0.29, 0.717) is 37.9 Å². The average molecular weight is 1890 g/mol. The molecule has 4 aromatic heterocycles. The highest BCUT2D eigenvalue weighted by atomic mass is 35.5. The van der Waals surface area contributed by atoms with Crippen molar-refractivity contribution in [2.24, 2.45) is 40.7 Å². The molecule has 0 aliphatic carbocycles. The van der Waals surface area contributed by atoms with Gasteiger partial charge in [-0.2, -0.15) is 0 Å². The molecule has 2 unspecified atom stereocenters. The number of aryl methyl sites for hydroxylation is 1. The standard InChI is InChI=1S/C22H24FN3O7S.C20H20ClN3O7S.C20H20FN3O7S.C19H18FN3O7S/c1-2-3-12(20(29)26-15(21(30)31)10-18(27)28)8-13-5-7-17(34-13)22(32)33-16-6-4-11(19(24)25)9-14(16)23;1-9(18(27)24-13(19(28)29)8-16(25)26)6-11-3-5-15(32-11)20(30)31-14-4-2-10(17(22)23)7-12(14)21;1-9(18(27)24-14(19(28)29)8-16(25)26)6-11-3-5-15(32-11)20(30)31-10-2-4-12(17(22)23)13(21)7-10;20-11-7-9(17(21)22)1-4-13(11)30-19(29)14-5-2-10(31-14)3-6-15(24)23-12(18(27)28)8-16(25)26/h4-7,9,12,15H,2-3,8,10H2,1H3,(H3,24,25)(H,26,29)(H,27,28)(H,30,31);2-5,7,9,13H,6,8H2,1H3,(H3,22,23)(H,24,27)(H,25,26)(H,28,29);2-5,7,9,14H,6,8H2,1H3,(H3,22,23)(H,24,27)(H,25,26)(H,28,29);1-2,4-5,7,12H,3,6,8H2,(H3,21,22)(H,23,24)(H,25,26)(H,27,28)/t12-,15-;9?,13-;9?,14-;12-/m0000/s1. The van der Waals surface area contributed by atoms with Gasteiger partial charge in [-0.1, -0.05) is 38.8 Å². The Morgan fingerprint density at radius 1 is 0.395 bits per heavy atom. The van der Waals surface area contributed by atoms with Crippen LogP contribution in [-0.4, -0.2) is 184 Å². The van der Waals surface area contributed by atoms with Crippen LogP contribution in [0.15, 0.2) is 121 Å². The summed E-state index contributed by atoms with van der Waals surface area (Å²) in [4.78, 5) is 189. The van der Waals surface area contributed by atoms with E-state index in [-0.39, 0.29) is 114 Å². The number of amides is 4. The van der Waals surface area contributed by atoms with Crippen molar-refractivity contribution < 1.29 is 150 Å². The first-order valence-corrected chi connectivity index (χ1v) is 41.0. The molecule has 129 heavy (non-hydrogen) atoms. The molecule has 0 aliphatic rings. The van der Waals surface area contributed by atoms with E-state index in [1.54, 1.807) is 31.2 Å². The van der Waals surface area contributed by atoms with Crippen LogP contribution in [-0.2, 0) is 83.2 Å². The monoisotopic (exact) mass is 1890 g/mol. The minimum absolute atomic E-state index is 0.0710. The Bertz CT molecular complexity index is 5620. The van der Waals surface area contributed by atoms with Crippen molar-refractivity contribution in [2.75, 3.05) is 0 Å². The minimum atomic E-state index is -1.55. The van der Waals surface area contributed by atoms with E-state index < -0.39 is 186 Å². The van der Waals surface area contributed by atoms with E-state index in [0.717, 1.165) is 63.5 Å². The van der Waals surface area contributed by atoms with Gasteiger partial charge in [0.1, 0.15) is 84.3 Å². The molecule has 0 saturated carbocycles. The van der Waals surface area contributed by atoms with E-state index in [9.17, 15) is 89.9 Å². The summed E-state index contributed by atoms with van der Waals surface area (Å²) in [6.45, 7) is 4.94. The number of thiophene rings is 4. The number of hydrogen-bond donors (Lipinski definition) is 20. The first kappa shape index (κ1) is 105. The molecular weight excluding hydrogens is 1810 g/mol. The van der Waals surface area contributed by atoms with Crippen molar-refractivity contribution in [3.05, 3.63) is 205 Å². The molecule has 4 aromatic carbocycles. The Kier molecular flexibility index (Phi) is 40.4. The van der Waals surface area contributed by atoms with Crippen LogP contribution in [0.5, 0.6) is 23.0 Å². The number of aliphatic carboxylic acids is 8. The fourth-order valence-electron chi connectivity index (χ4n) is 10.7.